The van der Waals surface area contributed by atoms with Gasteiger partial charge < -0.3 is 14.7 Å². The van der Waals surface area contributed by atoms with E-state index in [0.717, 1.165) is 36.3 Å². The average molecular weight is 340 g/mol. The van der Waals surface area contributed by atoms with Gasteiger partial charge in [-0.15, -0.1) is 0 Å². The second kappa shape index (κ2) is 8.62. The molecular weight excluding hydrogens is 316 g/mol. The number of hydrogen-bond acceptors (Lipinski definition) is 4. The van der Waals surface area contributed by atoms with Gasteiger partial charge in [-0.1, -0.05) is 18.2 Å². The van der Waals surface area contributed by atoms with Crippen LogP contribution in [0, 0.1) is 5.92 Å². The number of piperidine rings is 1. The van der Waals surface area contributed by atoms with E-state index in [1.165, 1.54) is 0 Å². The van der Waals surface area contributed by atoms with Crippen molar-refractivity contribution in [3.05, 3.63) is 59.9 Å². The standard InChI is InChI=1S/C20H24N2O3/c23-14-18-6-3-9-22(13-18)20(24)11-16-4-1-7-19(10-16)25-15-17-5-2-8-21-12-17/h1-2,4-5,7-8,10,12,18,23H,3,6,9,11,13-15H2. The van der Waals surface area contributed by atoms with E-state index >= 15 is 0 Å². The van der Waals surface area contributed by atoms with E-state index in [4.69, 9.17) is 4.74 Å². The van der Waals surface area contributed by atoms with Crippen LogP contribution in [0.25, 0.3) is 0 Å². The van der Waals surface area contributed by atoms with Crippen LogP contribution in [-0.2, 0) is 17.8 Å². The Labute approximate surface area is 148 Å². The largest absolute Gasteiger partial charge is 0.489 e. The maximum atomic E-state index is 12.5. The molecule has 1 N–H and O–H groups in total. The Morgan fingerprint density at radius 2 is 2.16 bits per heavy atom. The SMILES string of the molecule is O=C(Cc1cccc(OCc2cccnc2)c1)N1CCCC(CO)C1. The van der Waals surface area contributed by atoms with Crippen molar-refractivity contribution in [1.82, 2.24) is 9.88 Å². The number of benzene rings is 1. The molecule has 1 atom stereocenters. The first-order valence-corrected chi connectivity index (χ1v) is 8.74. The van der Waals surface area contributed by atoms with Crippen LogP contribution in [0.4, 0.5) is 0 Å². The van der Waals surface area contributed by atoms with Gasteiger partial charge in [0.2, 0.25) is 5.91 Å². The zero-order chi connectivity index (χ0) is 17.5. The molecule has 1 aliphatic rings. The topological polar surface area (TPSA) is 62.7 Å². The molecule has 25 heavy (non-hydrogen) atoms. The summed E-state index contributed by atoms with van der Waals surface area (Å²) in [6.07, 6.45) is 5.84. The van der Waals surface area contributed by atoms with Gasteiger partial charge in [-0.25, -0.2) is 0 Å². The molecule has 1 saturated heterocycles. The van der Waals surface area contributed by atoms with Crippen molar-refractivity contribution in [2.24, 2.45) is 5.92 Å². The molecule has 132 valence electrons. The highest BCUT2D eigenvalue weighted by molar-refractivity contribution is 5.79. The third kappa shape index (κ3) is 5.03. The van der Waals surface area contributed by atoms with Crippen molar-refractivity contribution in [1.29, 1.82) is 0 Å². The Hall–Kier alpha value is -2.40. The van der Waals surface area contributed by atoms with Crippen molar-refractivity contribution in [3.8, 4) is 5.75 Å². The van der Waals surface area contributed by atoms with Crippen LogP contribution in [-0.4, -0.2) is 40.6 Å². The summed E-state index contributed by atoms with van der Waals surface area (Å²) in [5.74, 6) is 1.08. The summed E-state index contributed by atoms with van der Waals surface area (Å²) in [6.45, 7) is 2.05. The molecule has 1 amide bonds. The maximum absolute atomic E-state index is 12.5. The van der Waals surface area contributed by atoms with Crippen molar-refractivity contribution in [3.63, 3.8) is 0 Å². The van der Waals surface area contributed by atoms with Crippen molar-refractivity contribution in [2.45, 2.75) is 25.9 Å². The lowest BCUT2D eigenvalue weighted by atomic mass is 9.98. The molecule has 2 aromatic rings. The van der Waals surface area contributed by atoms with Gasteiger partial charge in [-0.05, 0) is 42.5 Å². The van der Waals surface area contributed by atoms with Crippen LogP contribution in [0.3, 0.4) is 0 Å². The fourth-order valence-corrected chi connectivity index (χ4v) is 3.12. The van der Waals surface area contributed by atoms with Gasteiger partial charge in [0.05, 0.1) is 6.42 Å². The first-order valence-electron chi connectivity index (χ1n) is 8.74. The van der Waals surface area contributed by atoms with E-state index < -0.39 is 0 Å². The summed E-state index contributed by atoms with van der Waals surface area (Å²) < 4.78 is 5.80. The molecule has 1 aromatic heterocycles. The van der Waals surface area contributed by atoms with Crippen LogP contribution in [0.2, 0.25) is 0 Å². The molecule has 1 aromatic carbocycles. The fraction of sp³-hybridized carbons (Fsp3) is 0.400. The number of rotatable bonds is 6. The number of aromatic nitrogens is 1. The predicted molar refractivity (Wildman–Crippen MR) is 95.1 cm³/mol. The molecular formula is C20H24N2O3. The molecule has 5 heteroatoms. The zero-order valence-corrected chi connectivity index (χ0v) is 14.3. The summed E-state index contributed by atoms with van der Waals surface area (Å²) >= 11 is 0. The third-order valence-electron chi connectivity index (χ3n) is 4.51. The zero-order valence-electron chi connectivity index (χ0n) is 14.3. The molecule has 0 spiro atoms. The summed E-state index contributed by atoms with van der Waals surface area (Å²) in [6, 6.07) is 11.5. The highest BCUT2D eigenvalue weighted by Crippen LogP contribution is 2.19. The Balaban J connectivity index is 1.56. The van der Waals surface area contributed by atoms with Gasteiger partial charge in [-0.2, -0.15) is 0 Å². The quantitative estimate of drug-likeness (QED) is 0.877. The normalized spacial score (nSPS) is 17.3. The molecule has 1 aliphatic heterocycles. The van der Waals surface area contributed by atoms with Gasteiger partial charge in [-0.3, -0.25) is 9.78 Å². The van der Waals surface area contributed by atoms with Gasteiger partial charge in [0.1, 0.15) is 12.4 Å². The minimum atomic E-state index is 0.113. The number of aliphatic hydroxyl groups excluding tert-OH is 1. The van der Waals surface area contributed by atoms with Crippen LogP contribution in [0.5, 0.6) is 5.75 Å². The van der Waals surface area contributed by atoms with Gasteiger partial charge in [0.25, 0.3) is 0 Å². The van der Waals surface area contributed by atoms with Crippen molar-refractivity contribution in [2.75, 3.05) is 19.7 Å². The van der Waals surface area contributed by atoms with E-state index in [0.29, 0.717) is 19.6 Å². The first kappa shape index (κ1) is 17.4. The van der Waals surface area contributed by atoms with Gasteiger partial charge in [0, 0.05) is 37.7 Å². The summed E-state index contributed by atoms with van der Waals surface area (Å²) in [5, 5.41) is 9.31. The molecule has 0 saturated carbocycles. The number of pyridine rings is 1. The molecule has 3 rings (SSSR count). The Morgan fingerprint density at radius 3 is 2.96 bits per heavy atom. The number of carbonyl (C=O) groups excluding carboxylic acids is 1. The second-order valence-electron chi connectivity index (χ2n) is 6.50. The Kier molecular flexibility index (Phi) is 6.01. The number of hydrogen-bond donors (Lipinski definition) is 1. The number of ether oxygens (including phenoxy) is 1. The number of carbonyl (C=O) groups is 1. The van der Waals surface area contributed by atoms with E-state index in [-0.39, 0.29) is 18.4 Å². The van der Waals surface area contributed by atoms with E-state index in [9.17, 15) is 9.90 Å². The summed E-state index contributed by atoms with van der Waals surface area (Å²) in [7, 11) is 0. The smallest absolute Gasteiger partial charge is 0.227 e. The highest BCUT2D eigenvalue weighted by atomic mass is 16.5. The number of aliphatic hydroxyl groups is 1. The van der Waals surface area contributed by atoms with Crippen LogP contribution in [0.15, 0.2) is 48.8 Å². The lowest BCUT2D eigenvalue weighted by molar-refractivity contribution is -0.132. The number of amides is 1. The lowest BCUT2D eigenvalue weighted by Crippen LogP contribution is -2.41. The molecule has 1 fully saturated rings. The lowest BCUT2D eigenvalue weighted by Gasteiger charge is -2.32. The minimum absolute atomic E-state index is 0.113. The summed E-state index contributed by atoms with van der Waals surface area (Å²) in [4.78, 5) is 18.5. The number of likely N-dealkylation sites (tertiary alicyclic amines) is 1. The predicted octanol–water partition coefficient (Wildman–Crippen LogP) is 2.43. The Morgan fingerprint density at radius 1 is 1.28 bits per heavy atom. The van der Waals surface area contributed by atoms with Crippen molar-refractivity contribution >= 4 is 5.91 Å². The highest BCUT2D eigenvalue weighted by Gasteiger charge is 2.23. The van der Waals surface area contributed by atoms with E-state index in [2.05, 4.69) is 4.98 Å². The van der Waals surface area contributed by atoms with Crippen molar-refractivity contribution < 1.29 is 14.6 Å². The van der Waals surface area contributed by atoms with Gasteiger partial charge in [0.15, 0.2) is 0 Å². The third-order valence-corrected chi connectivity index (χ3v) is 4.51. The minimum Gasteiger partial charge on any atom is -0.489 e. The van der Waals surface area contributed by atoms with E-state index in [1.54, 1.807) is 12.4 Å². The molecule has 5 nitrogen and oxygen atoms in total. The maximum Gasteiger partial charge on any atom is 0.227 e. The molecule has 0 bridgehead atoms. The first-order chi connectivity index (χ1) is 12.2. The molecule has 0 radical (unpaired) electrons. The van der Waals surface area contributed by atoms with Gasteiger partial charge >= 0.3 is 0 Å². The summed E-state index contributed by atoms with van der Waals surface area (Å²) in [5.41, 5.74) is 1.95. The number of nitrogens with zero attached hydrogens (tertiary/aromatic N) is 2. The fourth-order valence-electron chi connectivity index (χ4n) is 3.12. The molecule has 2 heterocycles. The monoisotopic (exact) mass is 340 g/mol. The molecule has 1 unspecified atom stereocenters. The van der Waals surface area contributed by atoms with Crippen LogP contribution >= 0.6 is 0 Å². The van der Waals surface area contributed by atoms with Crippen LogP contribution < -0.4 is 4.74 Å². The Bertz CT molecular complexity index is 690. The molecule has 0 aliphatic carbocycles. The second-order valence-corrected chi connectivity index (χ2v) is 6.50. The average Bonchev–Trinajstić information content (AvgIpc) is 2.67. The van der Waals surface area contributed by atoms with Crippen LogP contribution in [0.1, 0.15) is 24.0 Å². The van der Waals surface area contributed by atoms with E-state index in [1.807, 2.05) is 41.3 Å².